The molecular formula is C18H20ClFN2O3S. The predicted molar refractivity (Wildman–Crippen MR) is 101 cm³/mol. The van der Waals surface area contributed by atoms with Crippen molar-refractivity contribution in [3.8, 4) is 0 Å². The Morgan fingerprint density at radius 1 is 1.19 bits per heavy atom. The van der Waals surface area contributed by atoms with E-state index in [1.807, 2.05) is 0 Å². The van der Waals surface area contributed by atoms with Gasteiger partial charge in [-0.25, -0.2) is 12.8 Å². The molecule has 26 heavy (non-hydrogen) atoms. The van der Waals surface area contributed by atoms with Crippen LogP contribution in [0.2, 0.25) is 5.02 Å². The third-order valence-electron chi connectivity index (χ3n) is 3.76. The molecule has 0 atom stereocenters. The van der Waals surface area contributed by atoms with E-state index in [9.17, 15) is 17.6 Å². The molecule has 1 amide bonds. The molecule has 1 N–H and O–H groups in total. The fraction of sp³-hybridized carbons (Fsp3) is 0.278. The number of sulfonamides is 1. The number of nitrogens with one attached hydrogen (secondary N) is 1. The fourth-order valence-electron chi connectivity index (χ4n) is 2.46. The van der Waals surface area contributed by atoms with E-state index < -0.39 is 10.0 Å². The minimum absolute atomic E-state index is 0.0785. The second kappa shape index (κ2) is 8.51. The lowest BCUT2D eigenvalue weighted by Gasteiger charge is -2.24. The number of halogens is 2. The van der Waals surface area contributed by atoms with E-state index in [-0.39, 0.29) is 31.2 Å². The van der Waals surface area contributed by atoms with Crippen molar-refractivity contribution >= 4 is 33.2 Å². The van der Waals surface area contributed by atoms with Gasteiger partial charge >= 0.3 is 0 Å². The molecule has 140 valence electrons. The van der Waals surface area contributed by atoms with Gasteiger partial charge in [0.15, 0.2) is 0 Å². The van der Waals surface area contributed by atoms with Crippen LogP contribution in [-0.4, -0.2) is 33.7 Å². The van der Waals surface area contributed by atoms with Gasteiger partial charge in [0.1, 0.15) is 5.82 Å². The van der Waals surface area contributed by atoms with E-state index in [1.54, 1.807) is 25.1 Å². The topological polar surface area (TPSA) is 66.5 Å². The van der Waals surface area contributed by atoms with Crippen molar-refractivity contribution in [1.29, 1.82) is 0 Å². The van der Waals surface area contributed by atoms with Gasteiger partial charge in [-0.05, 0) is 42.3 Å². The summed E-state index contributed by atoms with van der Waals surface area (Å²) >= 11 is 5.98. The molecule has 2 aromatic rings. The van der Waals surface area contributed by atoms with Crippen molar-refractivity contribution in [2.45, 2.75) is 13.3 Å². The van der Waals surface area contributed by atoms with Crippen LogP contribution in [0.5, 0.6) is 0 Å². The Kier molecular flexibility index (Phi) is 6.61. The summed E-state index contributed by atoms with van der Waals surface area (Å²) in [5.74, 6) is -0.636. The van der Waals surface area contributed by atoms with Crippen LogP contribution in [0.1, 0.15) is 11.1 Å². The molecule has 0 heterocycles. The van der Waals surface area contributed by atoms with Crippen molar-refractivity contribution in [1.82, 2.24) is 5.32 Å². The van der Waals surface area contributed by atoms with Crippen molar-refractivity contribution in [3.63, 3.8) is 0 Å². The monoisotopic (exact) mass is 398 g/mol. The van der Waals surface area contributed by atoms with Crippen LogP contribution in [0.25, 0.3) is 0 Å². The number of aryl methyl sites for hydroxylation is 1. The Bertz CT molecular complexity index is 886. The second-order valence-corrected chi connectivity index (χ2v) is 8.26. The SMILES string of the molecule is Cc1ccc(Cl)cc1N(CCNC(=O)Cc1ccc(F)cc1)S(C)(=O)=O. The Balaban J connectivity index is 2.01. The molecule has 0 spiro atoms. The predicted octanol–water partition coefficient (Wildman–Crippen LogP) is 2.91. The zero-order valence-electron chi connectivity index (χ0n) is 14.5. The molecule has 0 unspecified atom stereocenters. The van der Waals surface area contributed by atoms with E-state index in [0.29, 0.717) is 16.3 Å². The summed E-state index contributed by atoms with van der Waals surface area (Å²) in [5.41, 5.74) is 1.92. The number of amides is 1. The highest BCUT2D eigenvalue weighted by Crippen LogP contribution is 2.25. The molecule has 0 aromatic heterocycles. The highest BCUT2D eigenvalue weighted by molar-refractivity contribution is 7.92. The number of carbonyl (C=O) groups is 1. The summed E-state index contributed by atoms with van der Waals surface area (Å²) in [4.78, 5) is 12.0. The molecule has 2 rings (SSSR count). The Morgan fingerprint density at radius 2 is 1.85 bits per heavy atom. The van der Waals surface area contributed by atoms with Crippen LogP contribution in [0.15, 0.2) is 42.5 Å². The molecule has 0 fully saturated rings. The van der Waals surface area contributed by atoms with Gasteiger partial charge in [0, 0.05) is 11.6 Å². The molecule has 8 heteroatoms. The highest BCUT2D eigenvalue weighted by Gasteiger charge is 2.19. The lowest BCUT2D eigenvalue weighted by atomic mass is 10.1. The van der Waals surface area contributed by atoms with Gasteiger partial charge < -0.3 is 5.32 Å². The third-order valence-corrected chi connectivity index (χ3v) is 5.17. The molecule has 5 nitrogen and oxygen atoms in total. The van der Waals surface area contributed by atoms with Crippen molar-refractivity contribution < 1.29 is 17.6 Å². The van der Waals surface area contributed by atoms with Crippen molar-refractivity contribution in [3.05, 3.63) is 64.4 Å². The largest absolute Gasteiger partial charge is 0.354 e. The van der Waals surface area contributed by atoms with Crippen molar-refractivity contribution in [2.24, 2.45) is 0 Å². The summed E-state index contributed by atoms with van der Waals surface area (Å²) in [6.45, 7) is 2.01. The number of benzene rings is 2. The average Bonchev–Trinajstić information content (AvgIpc) is 2.55. The molecule has 2 aromatic carbocycles. The minimum atomic E-state index is -3.54. The first kappa shape index (κ1) is 20.2. The van der Waals surface area contributed by atoms with Crippen LogP contribution < -0.4 is 9.62 Å². The quantitative estimate of drug-likeness (QED) is 0.779. The van der Waals surface area contributed by atoms with Crippen LogP contribution in [0.3, 0.4) is 0 Å². The minimum Gasteiger partial charge on any atom is -0.354 e. The second-order valence-electron chi connectivity index (χ2n) is 5.92. The molecule has 0 bridgehead atoms. The van der Waals surface area contributed by atoms with Gasteiger partial charge in [-0.3, -0.25) is 9.10 Å². The lowest BCUT2D eigenvalue weighted by molar-refractivity contribution is -0.120. The average molecular weight is 399 g/mol. The zero-order chi connectivity index (χ0) is 19.3. The van der Waals surface area contributed by atoms with Gasteiger partial charge in [-0.1, -0.05) is 29.8 Å². The zero-order valence-corrected chi connectivity index (χ0v) is 16.1. The Morgan fingerprint density at radius 3 is 2.46 bits per heavy atom. The van der Waals surface area contributed by atoms with Crippen molar-refractivity contribution in [2.75, 3.05) is 23.7 Å². The standard InChI is InChI=1S/C18H20ClFN2O3S/c1-13-3-6-15(19)12-17(13)22(26(2,24)25)10-9-21-18(23)11-14-4-7-16(20)8-5-14/h3-8,12H,9-11H2,1-2H3,(H,21,23). The van der Waals surface area contributed by atoms with Gasteiger partial charge in [-0.2, -0.15) is 0 Å². The van der Waals surface area contributed by atoms with Gasteiger partial charge in [-0.15, -0.1) is 0 Å². The summed E-state index contributed by atoms with van der Waals surface area (Å²) in [5, 5.41) is 3.11. The van der Waals surface area contributed by atoms with E-state index in [0.717, 1.165) is 11.8 Å². The summed E-state index contributed by atoms with van der Waals surface area (Å²) < 4.78 is 38.3. The number of hydrogen-bond acceptors (Lipinski definition) is 3. The summed E-state index contributed by atoms with van der Waals surface area (Å²) in [7, 11) is -3.54. The molecule has 0 aliphatic rings. The van der Waals surface area contributed by atoms with Crippen LogP contribution in [0.4, 0.5) is 10.1 Å². The Hall–Kier alpha value is -2.12. The number of carbonyl (C=O) groups excluding carboxylic acids is 1. The number of nitrogens with zero attached hydrogens (tertiary/aromatic N) is 1. The molecule has 0 aliphatic heterocycles. The molecule has 0 saturated carbocycles. The Labute approximate surface area is 157 Å². The maximum Gasteiger partial charge on any atom is 0.232 e. The summed E-state index contributed by atoms with van der Waals surface area (Å²) in [6.07, 6.45) is 1.20. The van der Waals surface area contributed by atoms with Crippen LogP contribution in [0, 0.1) is 12.7 Å². The normalized spacial score (nSPS) is 11.2. The summed E-state index contributed by atoms with van der Waals surface area (Å²) in [6, 6.07) is 10.7. The fourth-order valence-corrected chi connectivity index (χ4v) is 3.61. The van der Waals surface area contributed by atoms with E-state index in [2.05, 4.69) is 5.32 Å². The van der Waals surface area contributed by atoms with Crippen LogP contribution >= 0.6 is 11.6 Å². The molecule has 0 aliphatic carbocycles. The van der Waals surface area contributed by atoms with Crippen LogP contribution in [-0.2, 0) is 21.2 Å². The third kappa shape index (κ3) is 5.71. The lowest BCUT2D eigenvalue weighted by Crippen LogP contribution is -2.38. The maximum atomic E-state index is 12.9. The first-order valence-electron chi connectivity index (χ1n) is 7.92. The molecule has 0 saturated heterocycles. The first-order chi connectivity index (χ1) is 12.2. The van der Waals surface area contributed by atoms with E-state index in [4.69, 9.17) is 11.6 Å². The smallest absolute Gasteiger partial charge is 0.232 e. The maximum absolute atomic E-state index is 12.9. The van der Waals surface area contributed by atoms with E-state index in [1.165, 1.54) is 28.6 Å². The highest BCUT2D eigenvalue weighted by atomic mass is 35.5. The number of anilines is 1. The van der Waals surface area contributed by atoms with Gasteiger partial charge in [0.05, 0.1) is 24.9 Å². The van der Waals surface area contributed by atoms with Gasteiger partial charge in [0.2, 0.25) is 15.9 Å². The number of hydrogen-bond donors (Lipinski definition) is 1. The van der Waals surface area contributed by atoms with E-state index >= 15 is 0 Å². The number of rotatable bonds is 7. The molecule has 0 radical (unpaired) electrons. The van der Waals surface area contributed by atoms with Gasteiger partial charge in [0.25, 0.3) is 0 Å². The molecular weight excluding hydrogens is 379 g/mol. The first-order valence-corrected chi connectivity index (χ1v) is 10.1.